The molecule has 0 spiro atoms. The second kappa shape index (κ2) is 7.38. The standard InChI is InChI=1S/C16H14O12/c17-5-16(26,27-14(24)6-1-8(18)12(22)9(19)2-6)28-15(25)7-3-10(20)13(23)11(21)4-7/h1-4,17-23,26H,5H2. The average Bonchev–Trinajstić information content (AvgIpc) is 2.63. The molecule has 2 aromatic carbocycles. The van der Waals surface area contributed by atoms with Crippen LogP contribution in [0.1, 0.15) is 20.7 Å². The van der Waals surface area contributed by atoms with E-state index >= 15 is 0 Å². The molecule has 0 atom stereocenters. The summed E-state index contributed by atoms with van der Waals surface area (Å²) in [6.07, 6.45) is 0. The van der Waals surface area contributed by atoms with E-state index in [1.807, 2.05) is 0 Å². The van der Waals surface area contributed by atoms with Crippen LogP contribution >= 0.6 is 0 Å². The van der Waals surface area contributed by atoms with Crippen molar-refractivity contribution in [3.63, 3.8) is 0 Å². The van der Waals surface area contributed by atoms with Gasteiger partial charge in [0.25, 0.3) is 0 Å². The Labute approximate surface area is 155 Å². The summed E-state index contributed by atoms with van der Waals surface area (Å²) in [6, 6.07) is 2.64. The summed E-state index contributed by atoms with van der Waals surface area (Å²) in [5.74, 6) is -11.6. The molecule has 0 unspecified atom stereocenters. The van der Waals surface area contributed by atoms with Crippen LogP contribution < -0.4 is 0 Å². The molecule has 12 nitrogen and oxygen atoms in total. The Morgan fingerprint density at radius 2 is 1.00 bits per heavy atom. The molecule has 0 aliphatic rings. The van der Waals surface area contributed by atoms with Gasteiger partial charge in [-0.15, -0.1) is 0 Å². The maximum Gasteiger partial charge on any atom is 0.398 e. The van der Waals surface area contributed by atoms with E-state index in [4.69, 9.17) is 0 Å². The Bertz CT molecular complexity index is 818. The zero-order valence-corrected chi connectivity index (χ0v) is 13.7. The Kier molecular flexibility index (Phi) is 5.38. The van der Waals surface area contributed by atoms with Crippen LogP contribution in [0.5, 0.6) is 34.5 Å². The molecule has 0 aliphatic heterocycles. The number of carbonyl (C=O) groups is 2. The van der Waals surface area contributed by atoms with Crippen molar-refractivity contribution in [2.75, 3.05) is 6.61 Å². The maximum absolute atomic E-state index is 12.0. The smallest absolute Gasteiger partial charge is 0.398 e. The minimum Gasteiger partial charge on any atom is -0.504 e. The van der Waals surface area contributed by atoms with Crippen molar-refractivity contribution in [3.05, 3.63) is 35.4 Å². The molecule has 0 heterocycles. The average molecular weight is 398 g/mol. The second-order valence-corrected chi connectivity index (χ2v) is 5.38. The second-order valence-electron chi connectivity index (χ2n) is 5.38. The Balaban J connectivity index is 2.23. The number of ether oxygens (including phenoxy) is 2. The van der Waals surface area contributed by atoms with E-state index in [0.29, 0.717) is 24.3 Å². The lowest BCUT2D eigenvalue weighted by Crippen LogP contribution is -2.43. The van der Waals surface area contributed by atoms with Crippen LogP contribution in [0.4, 0.5) is 0 Å². The number of rotatable bonds is 5. The van der Waals surface area contributed by atoms with Crippen LogP contribution in [0, 0.1) is 0 Å². The monoisotopic (exact) mass is 398 g/mol. The van der Waals surface area contributed by atoms with Gasteiger partial charge in [-0.2, -0.15) is 0 Å². The topological polar surface area (TPSA) is 214 Å². The minimum absolute atomic E-state index is 0.587. The fraction of sp³-hybridized carbons (Fsp3) is 0.125. The predicted octanol–water partition coefficient (Wildman–Crippen LogP) is -0.428. The molecule has 150 valence electrons. The van der Waals surface area contributed by atoms with Gasteiger partial charge in [-0.25, -0.2) is 9.59 Å². The van der Waals surface area contributed by atoms with Gasteiger partial charge in [0.05, 0.1) is 11.1 Å². The van der Waals surface area contributed by atoms with Crippen LogP contribution in [0.3, 0.4) is 0 Å². The predicted molar refractivity (Wildman–Crippen MR) is 85.7 cm³/mol. The molecule has 0 saturated carbocycles. The molecule has 2 aromatic rings. The number of hydrogen-bond acceptors (Lipinski definition) is 12. The van der Waals surface area contributed by atoms with Gasteiger partial charge in [-0.05, 0) is 24.3 Å². The molecule has 0 bridgehead atoms. The molecular formula is C16H14O12. The van der Waals surface area contributed by atoms with E-state index in [-0.39, 0.29) is 0 Å². The Hall–Kier alpha value is -3.90. The van der Waals surface area contributed by atoms with Crippen molar-refractivity contribution < 1.29 is 59.9 Å². The van der Waals surface area contributed by atoms with Gasteiger partial charge in [-0.3, -0.25) is 0 Å². The quantitative estimate of drug-likeness (QED) is 0.183. The first kappa shape index (κ1) is 20.4. The normalized spacial score (nSPS) is 11.1. The zero-order chi connectivity index (χ0) is 21.2. The third kappa shape index (κ3) is 4.08. The molecule has 2 rings (SSSR count). The van der Waals surface area contributed by atoms with Gasteiger partial charge in [0.2, 0.25) is 0 Å². The first-order valence-electron chi connectivity index (χ1n) is 7.27. The van der Waals surface area contributed by atoms with E-state index in [1.165, 1.54) is 0 Å². The van der Waals surface area contributed by atoms with Gasteiger partial charge < -0.3 is 50.3 Å². The van der Waals surface area contributed by atoms with Crippen LogP contribution in [0.15, 0.2) is 24.3 Å². The van der Waals surface area contributed by atoms with Crippen molar-refractivity contribution in [3.8, 4) is 34.5 Å². The van der Waals surface area contributed by atoms with E-state index in [2.05, 4.69) is 9.47 Å². The molecule has 0 radical (unpaired) electrons. The fourth-order valence-corrected chi connectivity index (χ4v) is 1.94. The molecule has 0 amide bonds. The van der Waals surface area contributed by atoms with E-state index in [9.17, 15) is 50.4 Å². The third-order valence-electron chi connectivity index (χ3n) is 3.31. The number of carbonyl (C=O) groups excluding carboxylic acids is 2. The highest BCUT2D eigenvalue weighted by atomic mass is 16.8. The van der Waals surface area contributed by atoms with Gasteiger partial charge in [0.1, 0.15) is 6.61 Å². The first-order valence-corrected chi connectivity index (χ1v) is 7.27. The molecule has 0 aromatic heterocycles. The number of aliphatic hydroxyl groups is 2. The fourth-order valence-electron chi connectivity index (χ4n) is 1.94. The molecule has 0 aliphatic carbocycles. The summed E-state index contributed by atoms with van der Waals surface area (Å²) in [7, 11) is 0. The molecular weight excluding hydrogens is 384 g/mol. The molecule has 8 N–H and O–H groups in total. The first-order chi connectivity index (χ1) is 13.0. The highest BCUT2D eigenvalue weighted by molar-refractivity contribution is 5.93. The van der Waals surface area contributed by atoms with Gasteiger partial charge in [-0.1, -0.05) is 0 Å². The number of aliphatic hydroxyl groups excluding tert-OH is 1. The lowest BCUT2D eigenvalue weighted by molar-refractivity contribution is -0.318. The number of phenols is 6. The van der Waals surface area contributed by atoms with Gasteiger partial charge in [0.15, 0.2) is 34.5 Å². The van der Waals surface area contributed by atoms with Crippen LogP contribution in [-0.2, 0) is 9.47 Å². The molecule has 12 heteroatoms. The lowest BCUT2D eigenvalue weighted by atomic mass is 10.2. The summed E-state index contributed by atoms with van der Waals surface area (Å²) in [5.41, 5.74) is -1.17. The number of phenolic OH excluding ortho intramolecular Hbond substituents is 6. The zero-order valence-electron chi connectivity index (χ0n) is 13.7. The van der Waals surface area contributed by atoms with Crippen LogP contribution in [-0.4, -0.2) is 65.4 Å². The van der Waals surface area contributed by atoms with Crippen molar-refractivity contribution >= 4 is 11.9 Å². The SMILES string of the molecule is O=C(OC(O)(CO)OC(=O)c1cc(O)c(O)c(O)c1)c1cc(O)c(O)c(O)c1. The highest BCUT2D eigenvalue weighted by Gasteiger charge is 2.37. The molecule has 28 heavy (non-hydrogen) atoms. The Morgan fingerprint density at radius 1 is 0.714 bits per heavy atom. The van der Waals surface area contributed by atoms with Crippen molar-refractivity contribution in [2.45, 2.75) is 5.97 Å². The minimum atomic E-state index is -3.24. The summed E-state index contributed by atoms with van der Waals surface area (Å²) in [6.45, 7) is -1.45. The third-order valence-corrected chi connectivity index (χ3v) is 3.31. The van der Waals surface area contributed by atoms with E-state index in [0.717, 1.165) is 0 Å². The van der Waals surface area contributed by atoms with Crippen molar-refractivity contribution in [1.29, 1.82) is 0 Å². The maximum atomic E-state index is 12.0. The lowest BCUT2D eigenvalue weighted by Gasteiger charge is -2.25. The highest BCUT2D eigenvalue weighted by Crippen LogP contribution is 2.37. The summed E-state index contributed by atoms with van der Waals surface area (Å²) in [4.78, 5) is 24.0. The summed E-state index contributed by atoms with van der Waals surface area (Å²) < 4.78 is 8.89. The Morgan fingerprint density at radius 3 is 1.25 bits per heavy atom. The van der Waals surface area contributed by atoms with Gasteiger partial charge >= 0.3 is 17.9 Å². The number of esters is 2. The largest absolute Gasteiger partial charge is 0.504 e. The van der Waals surface area contributed by atoms with Crippen molar-refractivity contribution in [1.82, 2.24) is 0 Å². The summed E-state index contributed by atoms with van der Waals surface area (Å²) >= 11 is 0. The van der Waals surface area contributed by atoms with Crippen LogP contribution in [0.25, 0.3) is 0 Å². The van der Waals surface area contributed by atoms with E-state index in [1.54, 1.807) is 0 Å². The number of aromatic hydroxyl groups is 6. The van der Waals surface area contributed by atoms with Gasteiger partial charge in [0, 0.05) is 0 Å². The molecule has 0 fully saturated rings. The van der Waals surface area contributed by atoms with Crippen molar-refractivity contribution in [2.24, 2.45) is 0 Å². The summed E-state index contributed by atoms with van der Waals surface area (Å²) in [5, 5.41) is 75.1. The van der Waals surface area contributed by atoms with E-state index < -0.39 is 70.1 Å². The van der Waals surface area contributed by atoms with Crippen LogP contribution in [0.2, 0.25) is 0 Å². The number of hydrogen-bond donors (Lipinski definition) is 8. The molecule has 0 saturated heterocycles. The number of benzene rings is 2.